The maximum atomic E-state index is 13.3. The molecule has 172 valence electrons. The van der Waals surface area contributed by atoms with Gasteiger partial charge in [-0.3, -0.25) is 0 Å². The van der Waals surface area contributed by atoms with Gasteiger partial charge in [-0.1, -0.05) is 0 Å². The number of rotatable bonds is 7. The Labute approximate surface area is 197 Å². The normalized spacial score (nSPS) is 15.3. The van der Waals surface area contributed by atoms with Gasteiger partial charge in [0.1, 0.15) is 0 Å². The van der Waals surface area contributed by atoms with Crippen LogP contribution in [0, 0.1) is 0 Å². The third-order valence-corrected chi connectivity index (χ3v) is 14.2. The third kappa shape index (κ3) is 4.35. The zero-order chi connectivity index (χ0) is 23.0. The zero-order valence-electron chi connectivity index (χ0n) is 17.9. The molecule has 2 atom stereocenters. The number of aromatic amines is 1. The number of nitrogens with one attached hydrogen (secondary N) is 2. The summed E-state index contributed by atoms with van der Waals surface area (Å²) in [4.78, 5) is 15.8. The summed E-state index contributed by atoms with van der Waals surface area (Å²) in [7, 11) is -3.66. The molecule has 3 N–H and O–H groups in total. The Morgan fingerprint density at radius 3 is 2.82 bits per heavy atom. The second-order valence-corrected chi connectivity index (χ2v) is 16.5. The first kappa shape index (κ1) is 22.3. The number of fused-ring (bicyclic) bond motifs is 4. The Morgan fingerprint density at radius 2 is 1.97 bits per heavy atom. The van der Waals surface area contributed by atoms with E-state index >= 15 is 0 Å². The van der Waals surface area contributed by atoms with Crippen molar-refractivity contribution in [2.24, 2.45) is 0 Å². The summed E-state index contributed by atoms with van der Waals surface area (Å²) < 4.78 is 31.7. The molecule has 2 aromatic heterocycles. The van der Waals surface area contributed by atoms with Crippen LogP contribution in [0.3, 0.4) is 0 Å². The van der Waals surface area contributed by atoms with Crippen LogP contribution in [0.15, 0.2) is 58.0 Å². The second kappa shape index (κ2) is 9.01. The van der Waals surface area contributed by atoms with Crippen molar-refractivity contribution < 1.29 is 22.8 Å². The van der Waals surface area contributed by atoms with Crippen molar-refractivity contribution in [3.63, 3.8) is 0 Å². The molecule has 5 rings (SSSR count). The summed E-state index contributed by atoms with van der Waals surface area (Å²) >= 11 is -1.82. The van der Waals surface area contributed by atoms with E-state index in [-0.39, 0.29) is 4.90 Å². The van der Waals surface area contributed by atoms with Crippen LogP contribution in [-0.4, -0.2) is 39.1 Å². The summed E-state index contributed by atoms with van der Waals surface area (Å²) in [5.41, 5.74) is 5.47. The van der Waals surface area contributed by atoms with Crippen LogP contribution in [0.4, 0.5) is 0 Å². The van der Waals surface area contributed by atoms with E-state index in [1.807, 2.05) is 36.5 Å². The molecule has 1 aliphatic rings. The average molecular weight is 528 g/mol. The molecule has 0 bridgehead atoms. The van der Waals surface area contributed by atoms with Crippen LogP contribution in [0.1, 0.15) is 36.1 Å². The second-order valence-electron chi connectivity index (χ2n) is 8.42. The summed E-state index contributed by atoms with van der Waals surface area (Å²) in [6, 6.07) is 12.9. The minimum absolute atomic E-state index is 0.184. The predicted octanol–water partition coefficient (Wildman–Crippen LogP) is 3.84. The Kier molecular flexibility index (Phi) is 6.08. The third-order valence-electron chi connectivity index (χ3n) is 6.34. The standard InChI is InChI=1S/C24H25AsN2O5S/c28-24(27-29)20(12-9-15-14-26-21-7-3-1-5-17(15)21)25-33(30,31)16-10-11-19-18-6-2-4-8-22(18)32-23(19)13-16/h1,3,5,7,10-11,13-14,20,25-26,29H,2,4,6,8-9,12H2,(H,27,28). The van der Waals surface area contributed by atoms with Crippen LogP contribution in [0.2, 0.25) is 4.71 Å². The number of H-pyrrole nitrogens is 1. The van der Waals surface area contributed by atoms with Gasteiger partial charge in [-0.2, -0.15) is 0 Å². The number of aryl methyl sites for hydroxylation is 3. The summed E-state index contributed by atoms with van der Waals surface area (Å²) in [6.45, 7) is 0. The van der Waals surface area contributed by atoms with Crippen LogP contribution in [0.25, 0.3) is 21.9 Å². The number of hydrogen-bond acceptors (Lipinski definition) is 5. The van der Waals surface area contributed by atoms with Gasteiger partial charge in [-0.25, -0.2) is 0 Å². The molecule has 9 heteroatoms. The summed E-state index contributed by atoms with van der Waals surface area (Å²) in [5, 5.41) is 11.3. The molecule has 2 heterocycles. The first-order chi connectivity index (χ1) is 16.0. The van der Waals surface area contributed by atoms with Crippen LogP contribution in [-0.2, 0) is 32.2 Å². The number of hydrogen-bond donors (Lipinski definition) is 3. The molecule has 0 radical (unpaired) electrons. The first-order valence-electron chi connectivity index (χ1n) is 11.0. The fourth-order valence-corrected chi connectivity index (χ4v) is 11.7. The Balaban J connectivity index is 1.38. The minimum atomic E-state index is -3.66. The van der Waals surface area contributed by atoms with E-state index in [9.17, 15) is 18.4 Å². The predicted molar refractivity (Wildman–Crippen MR) is 127 cm³/mol. The molecule has 1 aliphatic carbocycles. The van der Waals surface area contributed by atoms with Crippen molar-refractivity contribution in [3.8, 4) is 0 Å². The maximum absolute atomic E-state index is 13.3. The van der Waals surface area contributed by atoms with Crippen molar-refractivity contribution >= 4 is 50.5 Å². The summed E-state index contributed by atoms with van der Waals surface area (Å²) in [5.74, 6) is 0.311. The van der Waals surface area contributed by atoms with Gasteiger partial charge in [-0.05, 0) is 0 Å². The van der Waals surface area contributed by atoms with E-state index in [0.717, 1.165) is 53.3 Å². The van der Waals surface area contributed by atoms with Gasteiger partial charge in [0.25, 0.3) is 0 Å². The van der Waals surface area contributed by atoms with Gasteiger partial charge in [0, 0.05) is 0 Å². The Bertz CT molecular complexity index is 1440. The van der Waals surface area contributed by atoms with E-state index in [1.165, 1.54) is 5.56 Å². The molecule has 0 spiro atoms. The number of carbonyl (C=O) groups excluding carboxylic acids is 1. The molecular weight excluding hydrogens is 503 g/mol. The van der Waals surface area contributed by atoms with Crippen LogP contribution in [0.5, 0.6) is 0 Å². The average Bonchev–Trinajstić information content (AvgIpc) is 3.42. The number of carbonyl (C=O) groups is 1. The molecule has 1 amide bonds. The van der Waals surface area contributed by atoms with Crippen molar-refractivity contribution in [2.75, 3.05) is 0 Å². The van der Waals surface area contributed by atoms with Gasteiger partial charge in [0.15, 0.2) is 0 Å². The molecule has 4 aromatic rings. The first-order valence-corrected chi connectivity index (χ1v) is 16.3. The molecule has 0 saturated carbocycles. The fourth-order valence-electron chi connectivity index (χ4n) is 4.63. The number of hydroxylamine groups is 1. The molecule has 7 nitrogen and oxygen atoms in total. The molecule has 0 saturated heterocycles. The number of furan rings is 1. The molecule has 0 fully saturated rings. The van der Waals surface area contributed by atoms with E-state index in [4.69, 9.17) is 4.42 Å². The van der Waals surface area contributed by atoms with Crippen molar-refractivity contribution in [1.29, 1.82) is 0 Å². The van der Waals surface area contributed by atoms with Gasteiger partial charge < -0.3 is 0 Å². The quantitative estimate of drug-likeness (QED) is 0.192. The van der Waals surface area contributed by atoms with E-state index in [1.54, 1.807) is 17.6 Å². The van der Waals surface area contributed by atoms with Gasteiger partial charge in [0.05, 0.1) is 0 Å². The summed E-state index contributed by atoms with van der Waals surface area (Å²) in [6.07, 6.45) is 6.79. The van der Waals surface area contributed by atoms with Crippen molar-refractivity contribution in [1.82, 2.24) is 10.5 Å². The molecule has 2 unspecified atom stereocenters. The van der Waals surface area contributed by atoms with Crippen molar-refractivity contribution in [3.05, 3.63) is 65.5 Å². The van der Waals surface area contributed by atoms with Crippen LogP contribution >= 0.6 is 0 Å². The van der Waals surface area contributed by atoms with E-state index in [0.29, 0.717) is 18.4 Å². The van der Waals surface area contributed by atoms with E-state index < -0.39 is 33.3 Å². The fraction of sp³-hybridized carbons (Fsp3) is 0.292. The number of para-hydroxylation sites is 1. The number of benzene rings is 2. The SMILES string of the molecule is O=C(NO)C(CCc1c[nH]c2ccccc12)[AsH]S(=O)(=O)c1ccc2c3c(oc2c1)CCCC3. The van der Waals surface area contributed by atoms with Gasteiger partial charge in [0.2, 0.25) is 0 Å². The van der Waals surface area contributed by atoms with Gasteiger partial charge >= 0.3 is 197 Å². The number of amides is 1. The monoisotopic (exact) mass is 528 g/mol. The van der Waals surface area contributed by atoms with Crippen LogP contribution < -0.4 is 5.48 Å². The molecule has 2 aromatic carbocycles. The van der Waals surface area contributed by atoms with Gasteiger partial charge in [-0.15, -0.1) is 0 Å². The molecule has 0 aliphatic heterocycles. The Hall–Kier alpha value is -2.54. The Morgan fingerprint density at radius 1 is 1.15 bits per heavy atom. The number of aromatic nitrogens is 1. The zero-order valence-corrected chi connectivity index (χ0v) is 20.8. The molecular formula is C24H25AsN2O5S. The van der Waals surface area contributed by atoms with Crippen molar-refractivity contribution in [2.45, 2.75) is 48.1 Å². The van der Waals surface area contributed by atoms with E-state index in [2.05, 4.69) is 4.98 Å². The topological polar surface area (TPSA) is 112 Å². The molecule has 33 heavy (non-hydrogen) atoms.